The number of fused-ring (bicyclic) bond motifs is 1. The van der Waals surface area contributed by atoms with Crippen LogP contribution in [0.5, 0.6) is 0 Å². The van der Waals surface area contributed by atoms with Crippen LogP contribution in [0.3, 0.4) is 0 Å². The van der Waals surface area contributed by atoms with Crippen LogP contribution in [0, 0.1) is 0 Å². The number of amides is 1. The van der Waals surface area contributed by atoms with Gasteiger partial charge in [0.2, 0.25) is 5.91 Å². The second kappa shape index (κ2) is 6.60. The number of ether oxygens (including phenoxy) is 1. The molecule has 0 aliphatic carbocycles. The van der Waals surface area contributed by atoms with E-state index in [0.717, 1.165) is 16.5 Å². The van der Waals surface area contributed by atoms with E-state index in [4.69, 9.17) is 9.26 Å². The van der Waals surface area contributed by atoms with Crippen LogP contribution in [0.4, 0.5) is 0 Å². The van der Waals surface area contributed by atoms with Crippen molar-refractivity contribution in [1.82, 2.24) is 20.0 Å². The highest BCUT2D eigenvalue weighted by Crippen LogP contribution is 2.24. The highest BCUT2D eigenvalue weighted by Gasteiger charge is 2.31. The van der Waals surface area contributed by atoms with Crippen LogP contribution in [0.15, 0.2) is 41.1 Å². The van der Waals surface area contributed by atoms with E-state index in [-0.39, 0.29) is 11.9 Å². The number of nitrogens with zero attached hydrogens (tertiary/aromatic N) is 4. The normalized spacial score (nSPS) is 17.8. The molecule has 1 saturated heterocycles. The Bertz CT molecular complexity index is 903. The van der Waals surface area contributed by atoms with E-state index >= 15 is 0 Å². The quantitative estimate of drug-likeness (QED) is 0.728. The predicted molar refractivity (Wildman–Crippen MR) is 89.8 cm³/mol. The second-order valence-electron chi connectivity index (χ2n) is 6.02. The SMILES string of the molecule is CC(=O)N1CCOCC1c1nc(Cc2cccc3cccnc23)no1. The predicted octanol–water partition coefficient (Wildman–Crippen LogP) is 2.13. The summed E-state index contributed by atoms with van der Waals surface area (Å²) in [7, 11) is 0. The molecule has 0 spiro atoms. The van der Waals surface area contributed by atoms with Gasteiger partial charge < -0.3 is 14.2 Å². The van der Waals surface area contributed by atoms with E-state index in [0.29, 0.717) is 37.9 Å². The lowest BCUT2D eigenvalue weighted by Gasteiger charge is -2.32. The van der Waals surface area contributed by atoms with E-state index in [1.807, 2.05) is 30.3 Å². The monoisotopic (exact) mass is 338 g/mol. The summed E-state index contributed by atoms with van der Waals surface area (Å²) < 4.78 is 10.9. The molecule has 1 aliphatic heterocycles. The lowest BCUT2D eigenvalue weighted by atomic mass is 10.1. The highest BCUT2D eigenvalue weighted by atomic mass is 16.5. The number of carbonyl (C=O) groups is 1. The van der Waals surface area contributed by atoms with Crippen molar-refractivity contribution >= 4 is 16.8 Å². The van der Waals surface area contributed by atoms with E-state index in [2.05, 4.69) is 15.1 Å². The molecule has 1 unspecified atom stereocenters. The zero-order valence-corrected chi connectivity index (χ0v) is 13.9. The molecule has 1 fully saturated rings. The Labute approximate surface area is 144 Å². The third kappa shape index (κ3) is 3.10. The number of para-hydroxylation sites is 1. The van der Waals surface area contributed by atoms with Gasteiger partial charge in [-0.05, 0) is 11.6 Å². The Morgan fingerprint density at radius 3 is 3.08 bits per heavy atom. The molecule has 1 amide bonds. The topological polar surface area (TPSA) is 81.4 Å². The average Bonchev–Trinajstić information content (AvgIpc) is 3.10. The number of hydrogen-bond donors (Lipinski definition) is 0. The third-order valence-corrected chi connectivity index (χ3v) is 4.37. The Morgan fingerprint density at radius 1 is 1.32 bits per heavy atom. The standard InChI is InChI=1S/C18H18N4O3/c1-12(23)22-8-9-24-11-15(22)18-20-16(21-25-18)10-14-5-2-4-13-6-3-7-19-17(13)14/h2-7,15H,8-11H2,1H3. The molecular weight excluding hydrogens is 320 g/mol. The van der Waals surface area contributed by atoms with Crippen molar-refractivity contribution in [3.8, 4) is 0 Å². The fourth-order valence-electron chi connectivity index (χ4n) is 3.14. The molecule has 0 bridgehead atoms. The van der Waals surface area contributed by atoms with Gasteiger partial charge >= 0.3 is 0 Å². The number of morpholine rings is 1. The molecule has 0 N–H and O–H groups in total. The van der Waals surface area contributed by atoms with Crippen molar-refractivity contribution in [2.24, 2.45) is 0 Å². The first-order valence-corrected chi connectivity index (χ1v) is 8.22. The van der Waals surface area contributed by atoms with Crippen LogP contribution in [0.1, 0.15) is 30.2 Å². The third-order valence-electron chi connectivity index (χ3n) is 4.37. The summed E-state index contributed by atoms with van der Waals surface area (Å²) in [5.74, 6) is 0.964. The first-order chi connectivity index (χ1) is 12.2. The summed E-state index contributed by atoms with van der Waals surface area (Å²) in [6.07, 6.45) is 2.29. The fraction of sp³-hybridized carbons (Fsp3) is 0.333. The zero-order chi connectivity index (χ0) is 17.2. The van der Waals surface area contributed by atoms with Gasteiger partial charge in [0.1, 0.15) is 6.04 Å². The molecular formula is C18H18N4O3. The van der Waals surface area contributed by atoms with Gasteiger partial charge in [0.05, 0.1) is 18.7 Å². The van der Waals surface area contributed by atoms with Crippen LogP contribution in [0.2, 0.25) is 0 Å². The molecule has 7 heteroatoms. The van der Waals surface area contributed by atoms with Crippen molar-refractivity contribution in [3.05, 3.63) is 53.8 Å². The molecule has 0 radical (unpaired) electrons. The first kappa shape index (κ1) is 15.7. The number of rotatable bonds is 3. The summed E-state index contributed by atoms with van der Waals surface area (Å²) >= 11 is 0. The smallest absolute Gasteiger partial charge is 0.251 e. The average molecular weight is 338 g/mol. The maximum Gasteiger partial charge on any atom is 0.251 e. The Morgan fingerprint density at radius 2 is 2.20 bits per heavy atom. The second-order valence-corrected chi connectivity index (χ2v) is 6.02. The number of carbonyl (C=O) groups excluding carboxylic acids is 1. The molecule has 1 aliphatic rings. The first-order valence-electron chi connectivity index (χ1n) is 8.22. The molecule has 4 rings (SSSR count). The van der Waals surface area contributed by atoms with Crippen LogP contribution in [0.25, 0.3) is 10.9 Å². The summed E-state index contributed by atoms with van der Waals surface area (Å²) in [6.45, 7) is 2.97. The molecule has 7 nitrogen and oxygen atoms in total. The van der Waals surface area contributed by atoms with Gasteiger partial charge in [0.25, 0.3) is 5.89 Å². The van der Waals surface area contributed by atoms with Gasteiger partial charge in [0.15, 0.2) is 5.82 Å². The summed E-state index contributed by atoms with van der Waals surface area (Å²) in [5, 5.41) is 5.16. The minimum Gasteiger partial charge on any atom is -0.377 e. The van der Waals surface area contributed by atoms with E-state index in [9.17, 15) is 4.79 Å². The van der Waals surface area contributed by atoms with Gasteiger partial charge in [-0.3, -0.25) is 9.78 Å². The number of benzene rings is 1. The molecule has 3 heterocycles. The summed E-state index contributed by atoms with van der Waals surface area (Å²) in [4.78, 5) is 22.4. The van der Waals surface area contributed by atoms with Crippen molar-refractivity contribution in [2.75, 3.05) is 19.8 Å². The molecule has 128 valence electrons. The minimum absolute atomic E-state index is 0.0219. The maximum atomic E-state index is 11.8. The van der Waals surface area contributed by atoms with Crippen LogP contribution < -0.4 is 0 Å². The van der Waals surface area contributed by atoms with Gasteiger partial charge in [-0.15, -0.1) is 0 Å². The lowest BCUT2D eigenvalue weighted by molar-refractivity contribution is -0.138. The molecule has 25 heavy (non-hydrogen) atoms. The Hall–Kier alpha value is -2.80. The maximum absolute atomic E-state index is 11.8. The van der Waals surface area contributed by atoms with Crippen molar-refractivity contribution < 1.29 is 14.1 Å². The van der Waals surface area contributed by atoms with Crippen molar-refractivity contribution in [3.63, 3.8) is 0 Å². The van der Waals surface area contributed by atoms with E-state index in [1.54, 1.807) is 11.1 Å². The van der Waals surface area contributed by atoms with E-state index < -0.39 is 0 Å². The molecule has 2 aromatic heterocycles. The van der Waals surface area contributed by atoms with Gasteiger partial charge in [-0.25, -0.2) is 0 Å². The molecule has 0 saturated carbocycles. The fourth-order valence-corrected chi connectivity index (χ4v) is 3.14. The van der Waals surface area contributed by atoms with Crippen LogP contribution in [-0.4, -0.2) is 45.7 Å². The summed E-state index contributed by atoms with van der Waals surface area (Å²) in [6, 6.07) is 9.65. The minimum atomic E-state index is -0.321. The molecule has 1 aromatic carbocycles. The number of hydrogen-bond acceptors (Lipinski definition) is 6. The Balaban J connectivity index is 1.60. The van der Waals surface area contributed by atoms with Gasteiger partial charge in [-0.1, -0.05) is 29.4 Å². The van der Waals surface area contributed by atoms with Crippen molar-refractivity contribution in [2.45, 2.75) is 19.4 Å². The zero-order valence-electron chi connectivity index (χ0n) is 13.9. The molecule has 3 aromatic rings. The largest absolute Gasteiger partial charge is 0.377 e. The van der Waals surface area contributed by atoms with Gasteiger partial charge in [-0.2, -0.15) is 4.98 Å². The van der Waals surface area contributed by atoms with Gasteiger partial charge in [0, 0.05) is 31.5 Å². The Kier molecular flexibility index (Phi) is 4.15. The number of aromatic nitrogens is 3. The van der Waals surface area contributed by atoms with Crippen LogP contribution >= 0.6 is 0 Å². The lowest BCUT2D eigenvalue weighted by Crippen LogP contribution is -2.42. The van der Waals surface area contributed by atoms with Crippen LogP contribution in [-0.2, 0) is 16.0 Å². The summed E-state index contributed by atoms with van der Waals surface area (Å²) in [5.41, 5.74) is 1.97. The van der Waals surface area contributed by atoms with E-state index in [1.165, 1.54) is 6.92 Å². The molecule has 1 atom stereocenters. The number of pyridine rings is 1. The van der Waals surface area contributed by atoms with Crippen molar-refractivity contribution in [1.29, 1.82) is 0 Å². The highest BCUT2D eigenvalue weighted by molar-refractivity contribution is 5.81.